The summed E-state index contributed by atoms with van der Waals surface area (Å²) >= 11 is 4.78. The first kappa shape index (κ1) is 15.5. The van der Waals surface area contributed by atoms with Gasteiger partial charge in [-0.2, -0.15) is 0 Å². The van der Waals surface area contributed by atoms with Gasteiger partial charge in [0.25, 0.3) is 0 Å². The van der Waals surface area contributed by atoms with Crippen molar-refractivity contribution in [3.63, 3.8) is 0 Å². The molecule has 6 heteroatoms. The fraction of sp³-hybridized carbons (Fsp3) is 0.571. The number of halogens is 2. The summed E-state index contributed by atoms with van der Waals surface area (Å²) < 4.78 is 25.1. The summed E-state index contributed by atoms with van der Waals surface area (Å²) in [5, 5.41) is 3.32. The van der Waals surface area contributed by atoms with Crippen molar-refractivity contribution in [1.82, 2.24) is 4.90 Å². The molecule has 1 heterocycles. The second-order valence-electron chi connectivity index (χ2n) is 5.82. The highest BCUT2D eigenvalue weighted by molar-refractivity contribution is 7.81. The Morgan fingerprint density at radius 1 is 1.45 bits per heavy atom. The lowest BCUT2D eigenvalue weighted by Crippen LogP contribution is -3.15. The van der Waals surface area contributed by atoms with Crippen LogP contribution in [0.2, 0.25) is 0 Å². The topological polar surface area (TPSA) is 19.7 Å². The standard InChI is InChI=1S/C14H21F2N3S/c1-14(20,8-18(2)3)19-9-17-11-5-4-10(6-12(11)19)7-13(15)16/h4-6,13,17,20H,7-9H2,1-3H3/p+1. The van der Waals surface area contributed by atoms with Crippen LogP contribution in [0.25, 0.3) is 0 Å². The Balaban J connectivity index is 2.26. The summed E-state index contributed by atoms with van der Waals surface area (Å²) in [5.41, 5.74) is 2.72. The molecule has 1 aromatic rings. The zero-order chi connectivity index (χ0) is 14.9. The van der Waals surface area contributed by atoms with E-state index in [-0.39, 0.29) is 11.3 Å². The quantitative estimate of drug-likeness (QED) is 0.718. The molecule has 0 aromatic heterocycles. The fourth-order valence-electron chi connectivity index (χ4n) is 2.77. The number of rotatable bonds is 5. The molecule has 0 spiro atoms. The Kier molecular flexibility index (Phi) is 4.56. The summed E-state index contributed by atoms with van der Waals surface area (Å²) in [6.45, 7) is 3.59. The average molecular weight is 302 g/mol. The van der Waals surface area contributed by atoms with E-state index >= 15 is 0 Å². The Bertz CT molecular complexity index is 477. The van der Waals surface area contributed by atoms with E-state index in [9.17, 15) is 8.78 Å². The number of alkyl halides is 2. The summed E-state index contributed by atoms with van der Waals surface area (Å²) in [6.07, 6.45) is -2.51. The van der Waals surface area contributed by atoms with Gasteiger partial charge < -0.3 is 10.2 Å². The summed E-state index contributed by atoms with van der Waals surface area (Å²) in [6, 6.07) is 5.53. The molecule has 0 fully saturated rings. The van der Waals surface area contributed by atoms with Gasteiger partial charge in [-0.05, 0) is 25.7 Å². The molecule has 0 radical (unpaired) electrons. The maximum Gasteiger partial charge on any atom is 0.242 e. The molecule has 0 aliphatic carbocycles. The summed E-state index contributed by atoms with van der Waals surface area (Å²) in [7, 11) is 4.01. The van der Waals surface area contributed by atoms with E-state index in [2.05, 4.69) is 17.1 Å². The van der Waals surface area contributed by atoms with Crippen LogP contribution >= 0.6 is 12.6 Å². The van der Waals surface area contributed by atoms with Gasteiger partial charge in [0.05, 0.1) is 6.54 Å². The van der Waals surface area contributed by atoms with Crippen molar-refractivity contribution in [3.8, 4) is 0 Å². The van der Waals surface area contributed by atoms with Crippen LogP contribution in [0, 0.1) is 0 Å². The number of quaternary nitrogens is 1. The first-order valence-electron chi connectivity index (χ1n) is 6.68. The highest BCUT2D eigenvalue weighted by Gasteiger charge is 2.39. The van der Waals surface area contributed by atoms with E-state index in [1.54, 1.807) is 6.07 Å². The molecule has 112 valence electrons. The van der Waals surface area contributed by atoms with Crippen LogP contribution in [0.3, 0.4) is 0 Å². The molecule has 0 amide bonds. The van der Waals surface area contributed by atoms with Crippen molar-refractivity contribution >= 4 is 24.0 Å². The average Bonchev–Trinajstić information content (AvgIpc) is 2.69. The normalized spacial score (nSPS) is 20.9. The van der Waals surface area contributed by atoms with Gasteiger partial charge in [0, 0.05) is 19.4 Å². The van der Waals surface area contributed by atoms with Crippen LogP contribution in [0.15, 0.2) is 18.2 Å². The number of fused-ring (bicyclic) bond motifs is 1. The predicted molar refractivity (Wildman–Crippen MR) is 81.2 cm³/mol. The van der Waals surface area contributed by atoms with Crippen molar-refractivity contribution in [3.05, 3.63) is 23.8 Å². The predicted octanol–water partition coefficient (Wildman–Crippen LogP) is 1.60. The van der Waals surface area contributed by atoms with Gasteiger partial charge in [-0.1, -0.05) is 6.07 Å². The fourth-order valence-corrected chi connectivity index (χ4v) is 3.25. The molecule has 1 aliphatic heterocycles. The van der Waals surface area contributed by atoms with Gasteiger partial charge in [-0.15, -0.1) is 12.6 Å². The van der Waals surface area contributed by atoms with Crippen LogP contribution in [0.1, 0.15) is 12.5 Å². The lowest BCUT2D eigenvalue weighted by molar-refractivity contribution is -0.859. The molecular weight excluding hydrogens is 280 g/mol. The lowest BCUT2D eigenvalue weighted by atomic mass is 10.1. The number of hydrogen-bond donors (Lipinski definition) is 3. The van der Waals surface area contributed by atoms with Crippen LogP contribution in [-0.2, 0) is 6.42 Å². The molecule has 20 heavy (non-hydrogen) atoms. The Labute approximate surface area is 124 Å². The van der Waals surface area contributed by atoms with Crippen LogP contribution in [0.4, 0.5) is 20.2 Å². The van der Waals surface area contributed by atoms with Gasteiger partial charge in [0.1, 0.15) is 5.69 Å². The van der Waals surface area contributed by atoms with Crippen LogP contribution in [-0.4, -0.2) is 43.5 Å². The number of likely N-dealkylation sites (N-methyl/N-ethyl adjacent to an activating group) is 1. The highest BCUT2D eigenvalue weighted by atomic mass is 32.1. The SMILES string of the molecule is CN(C)CC(C)(S)[NH+]1CNc2ccc(CC(F)F)cc21. The van der Waals surface area contributed by atoms with Crippen molar-refractivity contribution in [2.24, 2.45) is 0 Å². The number of benzene rings is 1. The Hall–Kier alpha value is -0.850. The Morgan fingerprint density at radius 3 is 2.75 bits per heavy atom. The van der Waals surface area contributed by atoms with Crippen LogP contribution < -0.4 is 10.2 Å². The van der Waals surface area contributed by atoms with E-state index in [0.717, 1.165) is 24.6 Å². The number of nitrogens with one attached hydrogen (secondary N) is 2. The van der Waals surface area contributed by atoms with Crippen molar-refractivity contribution < 1.29 is 13.7 Å². The van der Waals surface area contributed by atoms with E-state index in [4.69, 9.17) is 12.6 Å². The third-order valence-corrected chi connectivity index (χ3v) is 3.94. The minimum absolute atomic E-state index is 0.197. The van der Waals surface area contributed by atoms with Gasteiger partial charge in [-0.25, -0.2) is 8.78 Å². The van der Waals surface area contributed by atoms with E-state index in [1.807, 2.05) is 26.2 Å². The molecule has 0 saturated carbocycles. The smallest absolute Gasteiger partial charge is 0.242 e. The molecule has 3 nitrogen and oxygen atoms in total. The van der Waals surface area contributed by atoms with Crippen molar-refractivity contribution in [1.29, 1.82) is 0 Å². The molecule has 0 saturated heterocycles. The summed E-state index contributed by atoms with van der Waals surface area (Å²) in [4.78, 5) is 2.97. The van der Waals surface area contributed by atoms with Crippen molar-refractivity contribution in [2.45, 2.75) is 24.6 Å². The zero-order valence-electron chi connectivity index (χ0n) is 12.1. The minimum atomic E-state index is -2.31. The van der Waals surface area contributed by atoms with E-state index < -0.39 is 6.43 Å². The van der Waals surface area contributed by atoms with Gasteiger partial charge in [-0.3, -0.25) is 4.90 Å². The van der Waals surface area contributed by atoms with Gasteiger partial charge in [0.15, 0.2) is 17.2 Å². The third kappa shape index (κ3) is 3.42. The Morgan fingerprint density at radius 2 is 2.15 bits per heavy atom. The number of thiol groups is 1. The van der Waals surface area contributed by atoms with Crippen LogP contribution in [0.5, 0.6) is 0 Å². The maximum absolute atomic E-state index is 12.5. The molecule has 0 bridgehead atoms. The molecule has 1 aliphatic rings. The van der Waals surface area contributed by atoms with Gasteiger partial charge >= 0.3 is 0 Å². The van der Waals surface area contributed by atoms with E-state index in [0.29, 0.717) is 5.56 Å². The molecule has 2 N–H and O–H groups in total. The third-order valence-electron chi connectivity index (χ3n) is 3.53. The number of nitrogens with zero attached hydrogens (tertiary/aromatic N) is 1. The second kappa shape index (κ2) is 5.87. The summed E-state index contributed by atoms with van der Waals surface area (Å²) in [5.74, 6) is 0. The molecular formula is C14H22F2N3S+. The maximum atomic E-state index is 12.5. The lowest BCUT2D eigenvalue weighted by Gasteiger charge is -2.32. The van der Waals surface area contributed by atoms with E-state index in [1.165, 1.54) is 4.90 Å². The first-order valence-corrected chi connectivity index (χ1v) is 7.13. The molecule has 2 rings (SSSR count). The largest absolute Gasteiger partial charge is 0.334 e. The monoisotopic (exact) mass is 302 g/mol. The minimum Gasteiger partial charge on any atom is -0.334 e. The number of hydrogen-bond acceptors (Lipinski definition) is 3. The molecule has 1 aromatic carbocycles. The molecule has 2 unspecified atom stereocenters. The highest BCUT2D eigenvalue weighted by Crippen LogP contribution is 2.26. The first-order chi connectivity index (χ1) is 9.29. The second-order valence-corrected chi connectivity index (χ2v) is 6.81. The zero-order valence-corrected chi connectivity index (χ0v) is 13.0. The van der Waals surface area contributed by atoms with Crippen molar-refractivity contribution in [2.75, 3.05) is 32.6 Å². The number of anilines is 1. The van der Waals surface area contributed by atoms with Gasteiger partial charge in [0.2, 0.25) is 6.43 Å². The molecule has 2 atom stereocenters.